The largest absolute Gasteiger partial charge is 0.544 e. The van der Waals surface area contributed by atoms with Crippen LogP contribution in [0.3, 0.4) is 0 Å². The van der Waals surface area contributed by atoms with Crippen molar-refractivity contribution in [2.45, 2.75) is 77.6 Å². The molecule has 6 nitrogen and oxygen atoms in total. The molecule has 0 unspecified atom stereocenters. The lowest BCUT2D eigenvalue weighted by Crippen LogP contribution is -2.49. The van der Waals surface area contributed by atoms with Gasteiger partial charge in [-0.15, -0.1) is 0 Å². The van der Waals surface area contributed by atoms with E-state index in [0.29, 0.717) is 30.4 Å². The Kier molecular flexibility index (Phi) is 14.0. The lowest BCUT2D eigenvalue weighted by atomic mass is 10.1. The van der Waals surface area contributed by atoms with Gasteiger partial charge in [0.2, 0.25) is 10.0 Å². The van der Waals surface area contributed by atoms with Gasteiger partial charge in [-0.25, -0.2) is 13.1 Å². The number of quaternary nitrogens is 1. The van der Waals surface area contributed by atoms with E-state index in [-0.39, 0.29) is 12.3 Å². The molecule has 0 aliphatic carbocycles. The molecule has 0 radical (unpaired) electrons. The Labute approximate surface area is 161 Å². The molecule has 0 rings (SSSR count). The average Bonchev–Trinajstić information content (AvgIpc) is 2.52. The highest BCUT2D eigenvalue weighted by Crippen LogP contribution is 2.10. The number of carboxylic acid groups (broad SMARTS) is 1. The minimum Gasteiger partial charge on any atom is -0.544 e. The monoisotopic (exact) mass is 392 g/mol. The van der Waals surface area contributed by atoms with Gasteiger partial charge < -0.3 is 14.4 Å². The lowest BCUT2D eigenvalue weighted by molar-refractivity contribution is -0.884. The Hall–Kier alpha value is -0.660. The number of sulfonamides is 1. The summed E-state index contributed by atoms with van der Waals surface area (Å²) in [5.41, 5.74) is 0. The van der Waals surface area contributed by atoms with Crippen molar-refractivity contribution in [3.05, 3.63) is 0 Å². The number of rotatable bonds is 18. The molecule has 0 aromatic rings. The number of hydrogen-bond donors (Lipinski definition) is 1. The van der Waals surface area contributed by atoms with Crippen molar-refractivity contribution in [2.75, 3.05) is 39.5 Å². The van der Waals surface area contributed by atoms with Gasteiger partial charge in [0.15, 0.2) is 0 Å². The summed E-state index contributed by atoms with van der Waals surface area (Å²) in [5.74, 6) is -0.905. The molecular weight excluding hydrogens is 352 g/mol. The first kappa shape index (κ1) is 25.3. The Bertz CT molecular complexity index is 464. The second kappa shape index (κ2) is 14.4. The molecule has 0 fully saturated rings. The zero-order valence-electron chi connectivity index (χ0n) is 17.1. The lowest BCUT2D eigenvalue weighted by Gasteiger charge is -2.30. The molecule has 0 aliphatic heterocycles. The molecule has 0 aromatic heterocycles. The van der Waals surface area contributed by atoms with Crippen LogP contribution in [-0.4, -0.2) is 58.4 Å². The SMILES string of the molecule is CCCCCCCCCCCCS(=O)(=O)NCCC[N+](C)(C)CC(=O)[O-]. The topological polar surface area (TPSA) is 86.3 Å². The van der Waals surface area contributed by atoms with Crippen LogP contribution in [0.5, 0.6) is 0 Å². The number of nitrogens with zero attached hydrogens (tertiary/aromatic N) is 1. The van der Waals surface area contributed by atoms with Crippen LogP contribution in [0.4, 0.5) is 0 Å². The summed E-state index contributed by atoms with van der Waals surface area (Å²) in [6.07, 6.45) is 12.4. The number of carbonyl (C=O) groups excluding carboxylic acids is 1. The van der Waals surface area contributed by atoms with Gasteiger partial charge in [-0.3, -0.25) is 0 Å². The van der Waals surface area contributed by atoms with Crippen LogP contribution in [0.1, 0.15) is 77.6 Å². The highest BCUT2D eigenvalue weighted by molar-refractivity contribution is 7.89. The third-order valence-electron chi connectivity index (χ3n) is 4.59. The Balaban J connectivity index is 3.63. The highest BCUT2D eigenvalue weighted by atomic mass is 32.2. The highest BCUT2D eigenvalue weighted by Gasteiger charge is 2.15. The van der Waals surface area contributed by atoms with E-state index in [1.807, 2.05) is 0 Å². The Morgan fingerprint density at radius 3 is 1.88 bits per heavy atom. The molecule has 0 atom stereocenters. The molecule has 1 N–H and O–H groups in total. The van der Waals surface area contributed by atoms with E-state index < -0.39 is 16.0 Å². The number of nitrogens with one attached hydrogen (secondary N) is 1. The molecule has 0 bridgehead atoms. The Morgan fingerprint density at radius 2 is 1.38 bits per heavy atom. The molecule has 0 spiro atoms. The van der Waals surface area contributed by atoms with Crippen molar-refractivity contribution >= 4 is 16.0 Å². The molecule has 0 heterocycles. The summed E-state index contributed by atoms with van der Waals surface area (Å²) in [7, 11) is 0.384. The first-order valence-corrected chi connectivity index (χ1v) is 11.8. The quantitative estimate of drug-likeness (QED) is 0.286. The maximum atomic E-state index is 11.9. The summed E-state index contributed by atoms with van der Waals surface area (Å²) < 4.78 is 26.8. The van der Waals surface area contributed by atoms with E-state index in [1.54, 1.807) is 14.1 Å². The van der Waals surface area contributed by atoms with Gasteiger partial charge in [-0.1, -0.05) is 64.7 Å². The molecular formula is C19H40N2O4S. The fourth-order valence-electron chi connectivity index (χ4n) is 3.01. The van der Waals surface area contributed by atoms with E-state index in [4.69, 9.17) is 0 Å². The smallest absolute Gasteiger partial charge is 0.211 e. The number of carboxylic acids is 1. The zero-order chi connectivity index (χ0) is 19.9. The fourth-order valence-corrected chi connectivity index (χ4v) is 4.20. The van der Waals surface area contributed by atoms with E-state index >= 15 is 0 Å². The standard InChI is InChI=1S/C19H40N2O4S/c1-4-5-6-7-8-9-10-11-12-13-17-26(24,25)20-15-14-16-21(2,3)18-19(22)23/h20H,4-18H2,1-3H3. The van der Waals surface area contributed by atoms with Crippen LogP contribution in [-0.2, 0) is 14.8 Å². The molecule has 0 saturated carbocycles. The maximum Gasteiger partial charge on any atom is 0.211 e. The second-order valence-corrected chi connectivity index (χ2v) is 9.86. The molecule has 0 aromatic carbocycles. The molecule has 7 heteroatoms. The molecule has 156 valence electrons. The van der Waals surface area contributed by atoms with Crippen molar-refractivity contribution in [2.24, 2.45) is 0 Å². The summed E-state index contributed by atoms with van der Waals surface area (Å²) in [4.78, 5) is 10.6. The van der Waals surface area contributed by atoms with E-state index in [0.717, 1.165) is 12.8 Å². The molecule has 0 amide bonds. The zero-order valence-corrected chi connectivity index (χ0v) is 17.9. The van der Waals surface area contributed by atoms with Crippen LogP contribution < -0.4 is 9.83 Å². The van der Waals surface area contributed by atoms with Gasteiger partial charge in [0.05, 0.1) is 32.4 Å². The minimum atomic E-state index is -3.22. The average molecular weight is 393 g/mol. The number of unbranched alkanes of at least 4 members (excludes halogenated alkanes) is 9. The number of aliphatic carboxylic acids is 1. The summed E-state index contributed by atoms with van der Waals surface area (Å²) in [5, 5.41) is 10.6. The van der Waals surface area contributed by atoms with Gasteiger partial charge in [-0.2, -0.15) is 0 Å². The normalized spacial score (nSPS) is 12.4. The van der Waals surface area contributed by atoms with Crippen molar-refractivity contribution in [1.82, 2.24) is 4.72 Å². The van der Waals surface area contributed by atoms with Crippen LogP contribution in [0, 0.1) is 0 Å². The van der Waals surface area contributed by atoms with Crippen molar-refractivity contribution in [1.29, 1.82) is 0 Å². The van der Waals surface area contributed by atoms with Gasteiger partial charge in [0, 0.05) is 13.0 Å². The number of carbonyl (C=O) groups is 1. The molecule has 0 aliphatic rings. The minimum absolute atomic E-state index is 0.0641. The van der Waals surface area contributed by atoms with Crippen LogP contribution in [0.2, 0.25) is 0 Å². The van der Waals surface area contributed by atoms with Gasteiger partial charge >= 0.3 is 0 Å². The van der Waals surface area contributed by atoms with Crippen molar-refractivity contribution in [3.8, 4) is 0 Å². The fraction of sp³-hybridized carbons (Fsp3) is 0.947. The summed E-state index contributed by atoms with van der Waals surface area (Å²) >= 11 is 0. The van der Waals surface area contributed by atoms with Crippen molar-refractivity contribution < 1.29 is 22.8 Å². The van der Waals surface area contributed by atoms with Crippen LogP contribution >= 0.6 is 0 Å². The van der Waals surface area contributed by atoms with Crippen molar-refractivity contribution in [3.63, 3.8) is 0 Å². The number of likely N-dealkylation sites (N-methyl/N-ethyl adjacent to an activating group) is 1. The maximum absolute atomic E-state index is 11.9. The van der Waals surface area contributed by atoms with Crippen LogP contribution in [0.25, 0.3) is 0 Å². The number of hydrogen-bond acceptors (Lipinski definition) is 4. The van der Waals surface area contributed by atoms with E-state index in [1.165, 1.54) is 44.9 Å². The third-order valence-corrected chi connectivity index (χ3v) is 6.06. The van der Waals surface area contributed by atoms with Gasteiger partial charge in [-0.05, 0) is 6.42 Å². The first-order chi connectivity index (χ1) is 12.2. The van der Waals surface area contributed by atoms with Gasteiger partial charge in [0.1, 0.15) is 6.54 Å². The first-order valence-electron chi connectivity index (χ1n) is 10.2. The molecule has 26 heavy (non-hydrogen) atoms. The summed E-state index contributed by atoms with van der Waals surface area (Å²) in [6.45, 7) is 3.11. The second-order valence-electron chi connectivity index (χ2n) is 7.94. The van der Waals surface area contributed by atoms with E-state index in [2.05, 4.69) is 11.6 Å². The van der Waals surface area contributed by atoms with Gasteiger partial charge in [0.25, 0.3) is 0 Å². The summed E-state index contributed by atoms with van der Waals surface area (Å²) in [6, 6.07) is 0. The van der Waals surface area contributed by atoms with E-state index in [9.17, 15) is 18.3 Å². The third kappa shape index (κ3) is 16.8. The Morgan fingerprint density at radius 1 is 0.885 bits per heavy atom. The predicted octanol–water partition coefficient (Wildman–Crippen LogP) is 2.04. The predicted molar refractivity (Wildman–Crippen MR) is 105 cm³/mol. The van der Waals surface area contributed by atoms with Crippen LogP contribution in [0.15, 0.2) is 0 Å². The molecule has 0 saturated heterocycles.